The minimum atomic E-state index is -0.692. The lowest BCUT2D eigenvalue weighted by Crippen LogP contribution is -2.10. The minimum Gasteiger partial charge on any atom is -0.507 e. The number of esters is 2. The molecule has 0 unspecified atom stereocenters. The maximum Gasteiger partial charge on any atom is 0.342 e. The number of rotatable bonds is 3. The number of aromatic hydroxyl groups is 1. The third kappa shape index (κ3) is 2.93. The van der Waals surface area contributed by atoms with Crippen molar-refractivity contribution in [2.24, 2.45) is 0 Å². The zero-order valence-electron chi connectivity index (χ0n) is 12.5. The van der Waals surface area contributed by atoms with E-state index in [2.05, 4.69) is 4.74 Å². The molecular weight excluding hydrogens is 284 g/mol. The Morgan fingerprint density at radius 1 is 1.14 bits per heavy atom. The van der Waals surface area contributed by atoms with E-state index in [0.29, 0.717) is 11.1 Å². The van der Waals surface area contributed by atoms with Crippen molar-refractivity contribution in [3.8, 4) is 22.6 Å². The lowest BCUT2D eigenvalue weighted by molar-refractivity contribution is -0.131. The van der Waals surface area contributed by atoms with E-state index in [1.54, 1.807) is 6.92 Å². The molecule has 0 bridgehead atoms. The molecule has 0 amide bonds. The third-order valence-electron chi connectivity index (χ3n) is 3.22. The van der Waals surface area contributed by atoms with Crippen molar-refractivity contribution in [1.82, 2.24) is 0 Å². The molecule has 0 aromatic heterocycles. The highest BCUT2D eigenvalue weighted by Gasteiger charge is 2.23. The minimum absolute atomic E-state index is 0.0153. The molecule has 0 aliphatic carbocycles. The van der Waals surface area contributed by atoms with Gasteiger partial charge >= 0.3 is 11.9 Å². The van der Waals surface area contributed by atoms with E-state index < -0.39 is 11.9 Å². The van der Waals surface area contributed by atoms with Crippen molar-refractivity contribution in [3.63, 3.8) is 0 Å². The third-order valence-corrected chi connectivity index (χ3v) is 3.22. The Kier molecular flexibility index (Phi) is 4.46. The van der Waals surface area contributed by atoms with Crippen molar-refractivity contribution in [1.29, 1.82) is 0 Å². The normalized spacial score (nSPS) is 10.1. The van der Waals surface area contributed by atoms with Gasteiger partial charge in [-0.2, -0.15) is 0 Å². The summed E-state index contributed by atoms with van der Waals surface area (Å²) >= 11 is 0. The summed E-state index contributed by atoms with van der Waals surface area (Å²) in [6, 6.07) is 10.5. The second kappa shape index (κ2) is 6.30. The van der Waals surface area contributed by atoms with Gasteiger partial charge in [0, 0.05) is 18.1 Å². The van der Waals surface area contributed by atoms with Crippen molar-refractivity contribution in [2.45, 2.75) is 13.8 Å². The summed E-state index contributed by atoms with van der Waals surface area (Å²) in [6.45, 7) is 2.87. The highest BCUT2D eigenvalue weighted by Crippen LogP contribution is 2.40. The van der Waals surface area contributed by atoms with Crippen LogP contribution in [0.3, 0.4) is 0 Å². The Hall–Kier alpha value is -2.82. The largest absolute Gasteiger partial charge is 0.507 e. The van der Waals surface area contributed by atoms with Crippen molar-refractivity contribution < 1.29 is 24.2 Å². The molecule has 0 saturated carbocycles. The first-order valence-corrected chi connectivity index (χ1v) is 6.64. The number of phenolic OH excluding ortho intramolecular Hbond substituents is 1. The van der Waals surface area contributed by atoms with Gasteiger partial charge in [-0.25, -0.2) is 4.79 Å². The molecule has 0 spiro atoms. The molecule has 0 radical (unpaired) electrons. The monoisotopic (exact) mass is 300 g/mol. The maximum absolute atomic E-state index is 11.8. The summed E-state index contributed by atoms with van der Waals surface area (Å²) in [5, 5.41) is 10.2. The highest BCUT2D eigenvalue weighted by molar-refractivity contribution is 5.97. The van der Waals surface area contributed by atoms with Gasteiger partial charge in [0.2, 0.25) is 0 Å². The van der Waals surface area contributed by atoms with E-state index in [4.69, 9.17) is 4.74 Å². The van der Waals surface area contributed by atoms with Crippen LogP contribution in [0.15, 0.2) is 36.4 Å². The number of benzene rings is 2. The average molecular weight is 300 g/mol. The fourth-order valence-corrected chi connectivity index (χ4v) is 2.25. The van der Waals surface area contributed by atoms with Crippen LogP contribution in [-0.2, 0) is 9.53 Å². The molecule has 114 valence electrons. The van der Waals surface area contributed by atoms with Crippen LogP contribution in [-0.4, -0.2) is 24.2 Å². The molecule has 0 heterocycles. The first kappa shape index (κ1) is 15.6. The Labute approximate surface area is 128 Å². The summed E-state index contributed by atoms with van der Waals surface area (Å²) in [5.41, 5.74) is 1.62. The Balaban J connectivity index is 2.73. The highest BCUT2D eigenvalue weighted by atomic mass is 16.5. The van der Waals surface area contributed by atoms with Crippen LogP contribution in [0, 0.1) is 6.92 Å². The van der Waals surface area contributed by atoms with Gasteiger partial charge in [-0.1, -0.05) is 30.3 Å². The van der Waals surface area contributed by atoms with E-state index >= 15 is 0 Å². The molecule has 0 fully saturated rings. The lowest BCUT2D eigenvalue weighted by Gasteiger charge is -2.16. The summed E-state index contributed by atoms with van der Waals surface area (Å²) in [6.07, 6.45) is 0. The van der Waals surface area contributed by atoms with Gasteiger partial charge in [0.1, 0.15) is 17.1 Å². The van der Waals surface area contributed by atoms with Gasteiger partial charge in [0.15, 0.2) is 0 Å². The van der Waals surface area contributed by atoms with Crippen LogP contribution < -0.4 is 4.74 Å². The number of methoxy groups -OCH3 is 1. The summed E-state index contributed by atoms with van der Waals surface area (Å²) in [5.74, 6) is -1.19. The van der Waals surface area contributed by atoms with Gasteiger partial charge in [0.25, 0.3) is 0 Å². The van der Waals surface area contributed by atoms with E-state index in [-0.39, 0.29) is 17.1 Å². The number of carbonyl (C=O) groups excluding carboxylic acids is 2. The molecule has 0 atom stereocenters. The van der Waals surface area contributed by atoms with Crippen LogP contribution in [0.25, 0.3) is 11.1 Å². The van der Waals surface area contributed by atoms with Crippen LogP contribution in [0.2, 0.25) is 0 Å². The van der Waals surface area contributed by atoms with Gasteiger partial charge in [0.05, 0.1) is 7.11 Å². The first-order chi connectivity index (χ1) is 10.5. The molecule has 0 aliphatic heterocycles. The molecule has 5 heteroatoms. The first-order valence-electron chi connectivity index (χ1n) is 6.64. The molecule has 2 rings (SSSR count). The van der Waals surface area contributed by atoms with Gasteiger partial charge < -0.3 is 14.6 Å². The molecule has 1 N–H and O–H groups in total. The molecule has 2 aromatic rings. The Bertz CT molecular complexity index is 720. The molecule has 5 nitrogen and oxygen atoms in total. The summed E-state index contributed by atoms with van der Waals surface area (Å²) < 4.78 is 9.93. The predicted octanol–water partition coefficient (Wildman–Crippen LogP) is 3.08. The second-order valence-electron chi connectivity index (χ2n) is 4.72. The SMILES string of the molecule is COC(=O)c1c(O)cc(-c2ccccc2)c(OC(C)=O)c1C. The molecule has 22 heavy (non-hydrogen) atoms. The molecular formula is C17H16O5. The zero-order valence-corrected chi connectivity index (χ0v) is 12.5. The second-order valence-corrected chi connectivity index (χ2v) is 4.72. The van der Waals surface area contributed by atoms with Gasteiger partial charge in [-0.3, -0.25) is 4.79 Å². The van der Waals surface area contributed by atoms with E-state index in [1.807, 2.05) is 30.3 Å². The summed E-state index contributed by atoms with van der Waals surface area (Å²) in [4.78, 5) is 23.2. The number of hydrogen-bond donors (Lipinski definition) is 1. The summed E-state index contributed by atoms with van der Waals surface area (Å²) in [7, 11) is 1.22. The number of hydrogen-bond acceptors (Lipinski definition) is 5. The smallest absolute Gasteiger partial charge is 0.342 e. The predicted molar refractivity (Wildman–Crippen MR) is 80.9 cm³/mol. The van der Waals surface area contributed by atoms with Crippen molar-refractivity contribution in [2.75, 3.05) is 7.11 Å². The topological polar surface area (TPSA) is 72.8 Å². The molecule has 0 aliphatic rings. The fraction of sp³-hybridized carbons (Fsp3) is 0.176. The Morgan fingerprint density at radius 2 is 1.77 bits per heavy atom. The molecule has 0 saturated heterocycles. The van der Waals surface area contributed by atoms with Gasteiger partial charge in [-0.05, 0) is 18.6 Å². The standard InChI is InChI=1S/C17H16O5/c1-10-15(17(20)21-3)14(19)9-13(16(10)22-11(2)18)12-7-5-4-6-8-12/h4-9,19H,1-3H3. The van der Waals surface area contributed by atoms with E-state index in [1.165, 1.54) is 20.1 Å². The maximum atomic E-state index is 11.8. The number of ether oxygens (including phenoxy) is 2. The Morgan fingerprint density at radius 3 is 2.32 bits per heavy atom. The van der Waals surface area contributed by atoms with Gasteiger partial charge in [-0.15, -0.1) is 0 Å². The van der Waals surface area contributed by atoms with Crippen LogP contribution >= 0.6 is 0 Å². The van der Waals surface area contributed by atoms with Crippen LogP contribution in [0.4, 0.5) is 0 Å². The van der Waals surface area contributed by atoms with Crippen molar-refractivity contribution in [3.05, 3.63) is 47.5 Å². The number of phenols is 1. The lowest BCUT2D eigenvalue weighted by atomic mass is 9.97. The van der Waals surface area contributed by atoms with Crippen LogP contribution in [0.5, 0.6) is 11.5 Å². The van der Waals surface area contributed by atoms with E-state index in [0.717, 1.165) is 5.56 Å². The zero-order chi connectivity index (χ0) is 16.3. The number of carbonyl (C=O) groups is 2. The van der Waals surface area contributed by atoms with Crippen molar-refractivity contribution >= 4 is 11.9 Å². The fourth-order valence-electron chi connectivity index (χ4n) is 2.25. The average Bonchev–Trinajstić information content (AvgIpc) is 2.50. The van der Waals surface area contributed by atoms with E-state index in [9.17, 15) is 14.7 Å². The molecule has 2 aromatic carbocycles. The quantitative estimate of drug-likeness (QED) is 0.696. The van der Waals surface area contributed by atoms with Crippen LogP contribution in [0.1, 0.15) is 22.8 Å².